The lowest BCUT2D eigenvalue weighted by Gasteiger charge is -2.54. The number of H-pyrrole nitrogens is 1. The molecule has 150 valence electrons. The van der Waals surface area contributed by atoms with Gasteiger partial charge in [0.2, 0.25) is 5.91 Å². The molecule has 4 bridgehead atoms. The van der Waals surface area contributed by atoms with Gasteiger partial charge in [0.15, 0.2) is 0 Å². The quantitative estimate of drug-likeness (QED) is 0.617. The van der Waals surface area contributed by atoms with E-state index in [4.69, 9.17) is 4.42 Å². The number of aromatic nitrogens is 3. The Morgan fingerprint density at radius 3 is 2.66 bits per heavy atom. The van der Waals surface area contributed by atoms with E-state index in [1.165, 1.54) is 43.9 Å². The number of carbonyl (C=O) groups excluding carboxylic acids is 1. The largest absolute Gasteiger partial charge is 0.411 e. The lowest BCUT2D eigenvalue weighted by Crippen LogP contribution is -2.56. The fourth-order valence-corrected chi connectivity index (χ4v) is 6.72. The summed E-state index contributed by atoms with van der Waals surface area (Å²) in [4.78, 5) is 15.8. The molecule has 0 unspecified atom stereocenters. The zero-order valence-electron chi connectivity index (χ0n) is 16.1. The lowest BCUT2D eigenvalue weighted by atomic mass is 9.54. The number of hydrogen-bond donors (Lipinski definition) is 2. The molecule has 0 spiro atoms. The van der Waals surface area contributed by atoms with Gasteiger partial charge in [-0.05, 0) is 61.8 Å². The summed E-state index contributed by atoms with van der Waals surface area (Å²) in [6, 6.07) is 8.39. The van der Waals surface area contributed by atoms with Gasteiger partial charge in [0.05, 0.1) is 11.3 Å². The van der Waals surface area contributed by atoms with Crippen LogP contribution in [0.1, 0.15) is 32.1 Å². The summed E-state index contributed by atoms with van der Waals surface area (Å²) in [5.41, 5.74) is 1.92. The Hall–Kier alpha value is -2.28. The molecule has 6 nitrogen and oxygen atoms in total. The van der Waals surface area contributed by atoms with E-state index in [1.54, 1.807) is 0 Å². The first-order chi connectivity index (χ1) is 14.2. The van der Waals surface area contributed by atoms with Crippen LogP contribution in [0, 0.1) is 23.7 Å². The topological polar surface area (TPSA) is 83.8 Å². The Kier molecular flexibility index (Phi) is 4.18. The van der Waals surface area contributed by atoms with Crippen molar-refractivity contribution in [2.45, 2.75) is 43.4 Å². The molecule has 4 aliphatic rings. The summed E-state index contributed by atoms with van der Waals surface area (Å²) < 4.78 is 5.81. The van der Waals surface area contributed by atoms with E-state index in [9.17, 15) is 4.79 Å². The number of benzene rings is 1. The minimum Gasteiger partial charge on any atom is -0.411 e. The predicted molar refractivity (Wildman–Crippen MR) is 111 cm³/mol. The van der Waals surface area contributed by atoms with Crippen molar-refractivity contribution in [2.75, 3.05) is 5.75 Å². The second-order valence-electron chi connectivity index (χ2n) is 8.93. The van der Waals surface area contributed by atoms with Crippen molar-refractivity contribution in [2.24, 2.45) is 23.7 Å². The zero-order valence-corrected chi connectivity index (χ0v) is 17.0. The lowest BCUT2D eigenvalue weighted by molar-refractivity contribution is -0.122. The smallest absolute Gasteiger partial charge is 0.277 e. The maximum absolute atomic E-state index is 12.6. The minimum atomic E-state index is 0.0827. The summed E-state index contributed by atoms with van der Waals surface area (Å²) in [6.07, 6.45) is 8.54. The molecule has 2 heterocycles. The van der Waals surface area contributed by atoms with Crippen molar-refractivity contribution in [3.05, 3.63) is 30.5 Å². The average Bonchev–Trinajstić information content (AvgIpc) is 3.35. The van der Waals surface area contributed by atoms with Gasteiger partial charge in [0.1, 0.15) is 0 Å². The number of amides is 1. The number of nitrogens with zero attached hydrogens (tertiary/aromatic N) is 2. The summed E-state index contributed by atoms with van der Waals surface area (Å²) in [5.74, 6) is 4.10. The molecule has 7 rings (SSSR count). The number of carbonyl (C=O) groups is 1. The Morgan fingerprint density at radius 1 is 1.10 bits per heavy atom. The van der Waals surface area contributed by atoms with Crippen LogP contribution in [0.15, 0.2) is 40.1 Å². The first-order valence-corrected chi connectivity index (χ1v) is 11.5. The molecule has 3 aromatic rings. The highest BCUT2D eigenvalue weighted by atomic mass is 32.2. The molecular formula is C22H24N4O2S. The maximum Gasteiger partial charge on any atom is 0.277 e. The minimum absolute atomic E-state index is 0.0827. The fourth-order valence-electron chi connectivity index (χ4n) is 6.14. The van der Waals surface area contributed by atoms with Gasteiger partial charge in [-0.15, -0.1) is 10.2 Å². The number of para-hydroxylation sites is 1. The normalized spacial score (nSPS) is 30.1. The van der Waals surface area contributed by atoms with Gasteiger partial charge < -0.3 is 14.7 Å². The Morgan fingerprint density at radius 2 is 1.86 bits per heavy atom. The summed E-state index contributed by atoms with van der Waals surface area (Å²) in [7, 11) is 0. The Bertz CT molecular complexity index is 1030. The van der Waals surface area contributed by atoms with Crippen LogP contribution in [0.3, 0.4) is 0 Å². The van der Waals surface area contributed by atoms with Crippen molar-refractivity contribution in [3.8, 4) is 11.5 Å². The van der Waals surface area contributed by atoms with Crippen LogP contribution in [-0.4, -0.2) is 32.9 Å². The summed E-state index contributed by atoms with van der Waals surface area (Å²) in [5, 5.41) is 13.1. The average molecular weight is 409 g/mol. The monoisotopic (exact) mass is 408 g/mol. The van der Waals surface area contributed by atoms with Crippen LogP contribution in [0.4, 0.5) is 0 Å². The SMILES string of the molecule is O=C(CSc1nnc(-c2c[nH]c3ccccc23)o1)NC1C2CC3CC(C2)CC1C3. The number of aromatic amines is 1. The first kappa shape index (κ1) is 17.6. The molecule has 0 radical (unpaired) electrons. The van der Waals surface area contributed by atoms with Crippen LogP contribution in [-0.2, 0) is 4.79 Å². The molecule has 0 aliphatic heterocycles. The third-order valence-corrected chi connectivity index (χ3v) is 7.93. The van der Waals surface area contributed by atoms with Gasteiger partial charge >= 0.3 is 0 Å². The van der Waals surface area contributed by atoms with Crippen LogP contribution < -0.4 is 5.32 Å². The third kappa shape index (κ3) is 3.16. The third-order valence-electron chi connectivity index (χ3n) is 7.11. The van der Waals surface area contributed by atoms with Gasteiger partial charge in [-0.25, -0.2) is 0 Å². The second kappa shape index (κ2) is 6.90. The maximum atomic E-state index is 12.6. The summed E-state index contributed by atoms with van der Waals surface area (Å²) in [6.45, 7) is 0. The van der Waals surface area contributed by atoms with Crippen molar-refractivity contribution in [1.29, 1.82) is 0 Å². The van der Waals surface area contributed by atoms with Gasteiger partial charge in [0, 0.05) is 23.1 Å². The van der Waals surface area contributed by atoms with E-state index in [-0.39, 0.29) is 5.91 Å². The molecule has 4 aliphatic carbocycles. The molecule has 29 heavy (non-hydrogen) atoms. The Labute approximate surface area is 173 Å². The van der Waals surface area contributed by atoms with E-state index in [0.29, 0.717) is 34.7 Å². The molecule has 7 heteroatoms. The van der Waals surface area contributed by atoms with Gasteiger partial charge in [-0.3, -0.25) is 4.79 Å². The highest BCUT2D eigenvalue weighted by Gasteiger charge is 2.48. The first-order valence-electron chi connectivity index (χ1n) is 10.5. The van der Waals surface area contributed by atoms with E-state index in [2.05, 4.69) is 20.5 Å². The van der Waals surface area contributed by atoms with Crippen LogP contribution in [0.25, 0.3) is 22.4 Å². The number of hydrogen-bond acceptors (Lipinski definition) is 5. The van der Waals surface area contributed by atoms with Crippen LogP contribution in [0.5, 0.6) is 0 Å². The van der Waals surface area contributed by atoms with Crippen molar-refractivity contribution in [3.63, 3.8) is 0 Å². The van der Waals surface area contributed by atoms with Crippen molar-refractivity contribution >= 4 is 28.6 Å². The molecule has 1 amide bonds. The van der Waals surface area contributed by atoms with Crippen molar-refractivity contribution < 1.29 is 9.21 Å². The molecule has 2 N–H and O–H groups in total. The van der Waals surface area contributed by atoms with Crippen LogP contribution >= 0.6 is 11.8 Å². The van der Waals surface area contributed by atoms with Crippen LogP contribution in [0.2, 0.25) is 0 Å². The highest BCUT2D eigenvalue weighted by molar-refractivity contribution is 7.99. The number of fused-ring (bicyclic) bond motifs is 1. The number of rotatable bonds is 5. The molecule has 2 aromatic heterocycles. The van der Waals surface area contributed by atoms with E-state index < -0.39 is 0 Å². The highest BCUT2D eigenvalue weighted by Crippen LogP contribution is 2.53. The molecule has 4 saturated carbocycles. The van der Waals surface area contributed by atoms with Gasteiger partial charge in [-0.1, -0.05) is 30.0 Å². The fraction of sp³-hybridized carbons (Fsp3) is 0.500. The summed E-state index contributed by atoms with van der Waals surface area (Å²) >= 11 is 1.32. The van der Waals surface area contributed by atoms with Gasteiger partial charge in [0.25, 0.3) is 11.1 Å². The molecule has 0 saturated heterocycles. The Balaban J connectivity index is 1.09. The van der Waals surface area contributed by atoms with Gasteiger partial charge in [-0.2, -0.15) is 0 Å². The van der Waals surface area contributed by atoms with Crippen molar-refractivity contribution in [1.82, 2.24) is 20.5 Å². The predicted octanol–water partition coefficient (Wildman–Crippen LogP) is 4.25. The number of nitrogens with one attached hydrogen (secondary N) is 2. The van der Waals surface area contributed by atoms with E-state index >= 15 is 0 Å². The van der Waals surface area contributed by atoms with E-state index in [1.807, 2.05) is 30.5 Å². The standard InChI is InChI=1S/C22H24N4O2S/c27-19(24-20-14-6-12-5-13(8-14)9-15(20)7-12)11-29-22-26-25-21(28-22)17-10-23-18-4-2-1-3-16(17)18/h1-4,10,12-15,20,23H,5-9,11H2,(H,24,27). The van der Waals surface area contributed by atoms with E-state index in [0.717, 1.165) is 28.3 Å². The molecule has 0 atom stereocenters. The second-order valence-corrected chi connectivity index (χ2v) is 9.86. The molecule has 1 aromatic carbocycles. The molecule has 4 fully saturated rings. The molecular weight excluding hydrogens is 384 g/mol. The zero-order chi connectivity index (χ0) is 19.4. The number of thioether (sulfide) groups is 1.